The molecule has 0 spiro atoms. The molecule has 1 nitrogen and oxygen atoms in total. The third kappa shape index (κ3) is 2.74. The summed E-state index contributed by atoms with van der Waals surface area (Å²) < 4.78 is 5.21. The number of ether oxygens (including phenoxy) is 1. The summed E-state index contributed by atoms with van der Waals surface area (Å²) in [5.41, 5.74) is 0. The molecule has 0 saturated carbocycles. The minimum absolute atomic E-state index is 0. The standard InChI is InChI=1S/C8H10O.ClH/c1-2-9-8-6-4-3-5-7-8;/h3-7H,2H2,1H3;1H. The molecule has 0 bridgehead atoms. The van der Waals surface area contributed by atoms with E-state index in [9.17, 15) is 0 Å². The van der Waals surface area contributed by atoms with Crippen molar-refractivity contribution in [3.63, 3.8) is 0 Å². The lowest BCUT2D eigenvalue weighted by molar-refractivity contribution is 0.340. The van der Waals surface area contributed by atoms with E-state index in [1.54, 1.807) is 0 Å². The van der Waals surface area contributed by atoms with Crippen molar-refractivity contribution in [3.8, 4) is 5.75 Å². The van der Waals surface area contributed by atoms with E-state index in [0.29, 0.717) is 0 Å². The molecular formula is C8H11ClO. The van der Waals surface area contributed by atoms with Crippen LogP contribution in [0.15, 0.2) is 30.3 Å². The van der Waals surface area contributed by atoms with Crippen molar-refractivity contribution in [2.24, 2.45) is 0 Å². The molecule has 0 aromatic heterocycles. The summed E-state index contributed by atoms with van der Waals surface area (Å²) in [5.74, 6) is 0.944. The van der Waals surface area contributed by atoms with Gasteiger partial charge in [0.05, 0.1) is 6.61 Å². The molecule has 0 aliphatic rings. The first kappa shape index (κ1) is 9.31. The van der Waals surface area contributed by atoms with E-state index in [1.165, 1.54) is 0 Å². The van der Waals surface area contributed by atoms with E-state index >= 15 is 0 Å². The summed E-state index contributed by atoms with van der Waals surface area (Å²) in [6.07, 6.45) is 0. The smallest absolute Gasteiger partial charge is 0.119 e. The summed E-state index contributed by atoms with van der Waals surface area (Å²) >= 11 is 0. The Morgan fingerprint density at radius 1 is 1.20 bits per heavy atom. The van der Waals surface area contributed by atoms with Gasteiger partial charge in [0.2, 0.25) is 0 Å². The second-order valence-electron chi connectivity index (χ2n) is 1.75. The second kappa shape index (κ2) is 5.12. The van der Waals surface area contributed by atoms with Gasteiger partial charge in [-0.25, -0.2) is 0 Å². The summed E-state index contributed by atoms with van der Waals surface area (Å²) in [7, 11) is 0. The molecule has 0 aliphatic heterocycles. The van der Waals surface area contributed by atoms with Crippen LogP contribution in [0.2, 0.25) is 0 Å². The van der Waals surface area contributed by atoms with Gasteiger partial charge in [-0.15, -0.1) is 12.4 Å². The molecule has 0 atom stereocenters. The van der Waals surface area contributed by atoms with Crippen molar-refractivity contribution in [2.75, 3.05) is 6.61 Å². The number of halogens is 1. The SMILES string of the molecule is CCOc1ccccc1.Cl. The van der Waals surface area contributed by atoms with Gasteiger partial charge in [-0.1, -0.05) is 18.2 Å². The zero-order valence-corrected chi connectivity index (χ0v) is 6.73. The van der Waals surface area contributed by atoms with Gasteiger partial charge in [0.1, 0.15) is 5.75 Å². The van der Waals surface area contributed by atoms with Gasteiger partial charge in [0.25, 0.3) is 0 Å². The minimum Gasteiger partial charge on any atom is -0.494 e. The van der Waals surface area contributed by atoms with Crippen LogP contribution in [-0.2, 0) is 0 Å². The average Bonchev–Trinajstić information content (AvgIpc) is 1.91. The molecule has 0 unspecified atom stereocenters. The topological polar surface area (TPSA) is 9.23 Å². The molecule has 1 rings (SSSR count). The Morgan fingerprint density at radius 2 is 1.80 bits per heavy atom. The summed E-state index contributed by atoms with van der Waals surface area (Å²) in [4.78, 5) is 0. The maximum atomic E-state index is 5.21. The van der Waals surface area contributed by atoms with E-state index in [-0.39, 0.29) is 12.4 Å². The highest BCUT2D eigenvalue weighted by Crippen LogP contribution is 2.06. The first-order chi connectivity index (χ1) is 4.43. The van der Waals surface area contributed by atoms with E-state index in [2.05, 4.69) is 0 Å². The van der Waals surface area contributed by atoms with E-state index in [1.807, 2.05) is 37.3 Å². The minimum atomic E-state index is 0. The third-order valence-electron chi connectivity index (χ3n) is 1.05. The summed E-state index contributed by atoms with van der Waals surface area (Å²) in [5, 5.41) is 0. The molecule has 0 amide bonds. The predicted octanol–water partition coefficient (Wildman–Crippen LogP) is 2.51. The Bertz CT molecular complexity index is 162. The van der Waals surface area contributed by atoms with Gasteiger partial charge in [-0.05, 0) is 19.1 Å². The van der Waals surface area contributed by atoms with Crippen molar-refractivity contribution in [1.82, 2.24) is 0 Å². The maximum absolute atomic E-state index is 5.21. The molecule has 0 fully saturated rings. The quantitative estimate of drug-likeness (QED) is 0.643. The van der Waals surface area contributed by atoms with Crippen LogP contribution in [0.1, 0.15) is 6.92 Å². The number of rotatable bonds is 2. The molecular weight excluding hydrogens is 148 g/mol. The molecule has 1 aromatic rings. The Balaban J connectivity index is 0.000000810. The maximum Gasteiger partial charge on any atom is 0.119 e. The van der Waals surface area contributed by atoms with Crippen molar-refractivity contribution < 1.29 is 4.74 Å². The van der Waals surface area contributed by atoms with Crippen LogP contribution in [0.3, 0.4) is 0 Å². The van der Waals surface area contributed by atoms with Gasteiger partial charge < -0.3 is 4.74 Å². The lowest BCUT2D eigenvalue weighted by atomic mass is 10.3. The molecule has 0 N–H and O–H groups in total. The fourth-order valence-electron chi connectivity index (χ4n) is 0.683. The fraction of sp³-hybridized carbons (Fsp3) is 0.250. The number of para-hydroxylation sites is 1. The van der Waals surface area contributed by atoms with Crippen LogP contribution >= 0.6 is 12.4 Å². The molecule has 2 heteroatoms. The average molecular weight is 159 g/mol. The van der Waals surface area contributed by atoms with Gasteiger partial charge in [-0.3, -0.25) is 0 Å². The van der Waals surface area contributed by atoms with Gasteiger partial charge in [0, 0.05) is 0 Å². The molecule has 0 saturated heterocycles. The van der Waals surface area contributed by atoms with Crippen LogP contribution in [0.25, 0.3) is 0 Å². The normalized spacial score (nSPS) is 8.10. The second-order valence-corrected chi connectivity index (χ2v) is 1.75. The zero-order valence-electron chi connectivity index (χ0n) is 5.91. The molecule has 56 valence electrons. The first-order valence-corrected chi connectivity index (χ1v) is 3.11. The highest BCUT2D eigenvalue weighted by atomic mass is 35.5. The lowest BCUT2D eigenvalue weighted by Crippen LogP contribution is -1.89. The Hall–Kier alpha value is -0.690. The highest BCUT2D eigenvalue weighted by molar-refractivity contribution is 5.85. The Labute approximate surface area is 67.4 Å². The first-order valence-electron chi connectivity index (χ1n) is 3.11. The van der Waals surface area contributed by atoms with Gasteiger partial charge >= 0.3 is 0 Å². The molecule has 0 heterocycles. The predicted molar refractivity (Wildman–Crippen MR) is 44.9 cm³/mol. The fourth-order valence-corrected chi connectivity index (χ4v) is 0.683. The van der Waals surface area contributed by atoms with Gasteiger partial charge in [-0.2, -0.15) is 0 Å². The van der Waals surface area contributed by atoms with Gasteiger partial charge in [0.15, 0.2) is 0 Å². The number of hydrogen-bond donors (Lipinski definition) is 0. The monoisotopic (exact) mass is 158 g/mol. The third-order valence-corrected chi connectivity index (χ3v) is 1.05. The van der Waals surface area contributed by atoms with E-state index in [0.717, 1.165) is 12.4 Å². The number of benzene rings is 1. The van der Waals surface area contributed by atoms with Crippen molar-refractivity contribution in [2.45, 2.75) is 6.92 Å². The van der Waals surface area contributed by atoms with E-state index < -0.39 is 0 Å². The lowest BCUT2D eigenvalue weighted by Gasteiger charge is -1.99. The van der Waals surface area contributed by atoms with Crippen LogP contribution in [0, 0.1) is 0 Å². The number of hydrogen-bond acceptors (Lipinski definition) is 1. The van der Waals surface area contributed by atoms with Crippen LogP contribution in [-0.4, -0.2) is 6.61 Å². The summed E-state index contributed by atoms with van der Waals surface area (Å²) in [6, 6.07) is 9.80. The van der Waals surface area contributed by atoms with Crippen molar-refractivity contribution in [3.05, 3.63) is 30.3 Å². The van der Waals surface area contributed by atoms with Crippen LogP contribution in [0.4, 0.5) is 0 Å². The zero-order chi connectivity index (χ0) is 6.53. The van der Waals surface area contributed by atoms with E-state index in [4.69, 9.17) is 4.74 Å². The van der Waals surface area contributed by atoms with Crippen molar-refractivity contribution >= 4 is 12.4 Å². The largest absolute Gasteiger partial charge is 0.494 e. The highest BCUT2D eigenvalue weighted by Gasteiger charge is 1.83. The molecule has 0 radical (unpaired) electrons. The molecule has 1 aromatic carbocycles. The molecule has 0 aliphatic carbocycles. The molecule has 10 heavy (non-hydrogen) atoms. The Kier molecular flexibility index (Phi) is 4.77. The van der Waals surface area contributed by atoms with Crippen molar-refractivity contribution in [1.29, 1.82) is 0 Å². The Morgan fingerprint density at radius 3 is 2.30 bits per heavy atom. The summed E-state index contributed by atoms with van der Waals surface area (Å²) in [6.45, 7) is 2.72. The van der Waals surface area contributed by atoms with Crippen LogP contribution in [0.5, 0.6) is 5.75 Å². The van der Waals surface area contributed by atoms with Crippen LogP contribution < -0.4 is 4.74 Å².